The van der Waals surface area contributed by atoms with Crippen molar-refractivity contribution in [2.24, 2.45) is 0 Å². The lowest BCUT2D eigenvalue weighted by Gasteiger charge is -2.19. The average molecular weight is 310 g/mol. The summed E-state index contributed by atoms with van der Waals surface area (Å²) in [4.78, 5) is 4.33. The van der Waals surface area contributed by atoms with E-state index in [1.54, 1.807) is 0 Å². The Labute approximate surface area is 139 Å². The number of nitrogens with zero attached hydrogens (tertiary/aromatic N) is 2. The summed E-state index contributed by atoms with van der Waals surface area (Å²) in [5.74, 6) is 0. The van der Waals surface area contributed by atoms with E-state index in [4.69, 9.17) is 0 Å². The molecule has 0 aliphatic heterocycles. The maximum Gasteiger partial charge on any atom is 0.0558 e. The third kappa shape index (κ3) is 5.89. The predicted octanol–water partition coefficient (Wildman–Crippen LogP) is 3.26. The minimum absolute atomic E-state index is 0.179. The number of benzene rings is 2. The molecule has 0 aromatic heterocycles. The van der Waals surface area contributed by atoms with Crippen molar-refractivity contribution in [3.05, 3.63) is 71.8 Å². The van der Waals surface area contributed by atoms with Crippen molar-refractivity contribution in [2.45, 2.75) is 6.54 Å². The number of rotatable bonds is 8. The maximum atomic E-state index is 9.24. The molecule has 0 fully saturated rings. The molecule has 0 saturated heterocycles. The van der Waals surface area contributed by atoms with Crippen molar-refractivity contribution in [3.63, 3.8) is 0 Å². The number of anilines is 1. The number of hydrogen-bond donors (Lipinski definition) is 1. The van der Waals surface area contributed by atoms with Gasteiger partial charge in [0.25, 0.3) is 0 Å². The molecule has 0 saturated carbocycles. The van der Waals surface area contributed by atoms with Crippen LogP contribution < -0.4 is 4.90 Å². The van der Waals surface area contributed by atoms with Gasteiger partial charge in [-0.1, -0.05) is 54.6 Å². The first-order valence-electron chi connectivity index (χ1n) is 8.00. The van der Waals surface area contributed by atoms with E-state index in [1.165, 1.54) is 16.8 Å². The van der Waals surface area contributed by atoms with Gasteiger partial charge in [0.05, 0.1) is 6.61 Å². The second-order valence-electron chi connectivity index (χ2n) is 5.83. The van der Waals surface area contributed by atoms with Crippen LogP contribution in [0.25, 0.3) is 6.08 Å². The fourth-order valence-corrected chi connectivity index (χ4v) is 2.44. The average Bonchev–Trinajstić information content (AvgIpc) is 2.56. The molecule has 0 aliphatic rings. The van der Waals surface area contributed by atoms with Crippen molar-refractivity contribution in [2.75, 3.05) is 38.7 Å². The Kier molecular flexibility index (Phi) is 6.85. The van der Waals surface area contributed by atoms with Crippen LogP contribution >= 0.6 is 0 Å². The summed E-state index contributed by atoms with van der Waals surface area (Å²) in [6, 6.07) is 18.9. The van der Waals surface area contributed by atoms with Crippen molar-refractivity contribution in [1.82, 2.24) is 4.90 Å². The fourth-order valence-electron chi connectivity index (χ4n) is 2.44. The van der Waals surface area contributed by atoms with E-state index in [2.05, 4.69) is 70.5 Å². The molecular formula is C20H26N2O. The Balaban J connectivity index is 1.92. The Morgan fingerprint density at radius 1 is 0.957 bits per heavy atom. The summed E-state index contributed by atoms with van der Waals surface area (Å²) in [6.07, 6.45) is 4.29. The molecule has 0 bridgehead atoms. The Hall–Kier alpha value is -2.10. The molecular weight excluding hydrogens is 284 g/mol. The molecule has 1 N–H and O–H groups in total. The molecule has 3 heteroatoms. The summed E-state index contributed by atoms with van der Waals surface area (Å²) in [5, 5.41) is 9.24. The number of aliphatic hydroxyl groups excluding tert-OH is 1. The normalized spacial score (nSPS) is 11.3. The zero-order valence-corrected chi connectivity index (χ0v) is 14.0. The largest absolute Gasteiger partial charge is 0.395 e. The van der Waals surface area contributed by atoms with Gasteiger partial charge in [0.2, 0.25) is 0 Å². The van der Waals surface area contributed by atoms with E-state index < -0.39 is 0 Å². The monoisotopic (exact) mass is 310 g/mol. The Morgan fingerprint density at radius 3 is 2.26 bits per heavy atom. The Bertz CT molecular complexity index is 591. The molecule has 0 unspecified atom stereocenters. The van der Waals surface area contributed by atoms with Gasteiger partial charge in [0.15, 0.2) is 0 Å². The van der Waals surface area contributed by atoms with Gasteiger partial charge in [-0.25, -0.2) is 0 Å². The molecule has 0 amide bonds. The van der Waals surface area contributed by atoms with Crippen LogP contribution in [0.1, 0.15) is 11.1 Å². The van der Waals surface area contributed by atoms with Gasteiger partial charge in [0.1, 0.15) is 0 Å². The van der Waals surface area contributed by atoms with Gasteiger partial charge in [0, 0.05) is 39.4 Å². The fraction of sp³-hybridized carbons (Fsp3) is 0.300. The van der Waals surface area contributed by atoms with Crippen molar-refractivity contribution < 1.29 is 5.11 Å². The van der Waals surface area contributed by atoms with Gasteiger partial charge in [-0.2, -0.15) is 0 Å². The molecule has 0 heterocycles. The standard InChI is InChI=1S/C20H26N2O/c1-21(2)20-12-10-18(11-13-20)9-6-14-22(15-16-23)17-19-7-4-3-5-8-19/h3-13,23H,14-17H2,1-2H3/b9-6+. The lowest BCUT2D eigenvalue weighted by Crippen LogP contribution is -2.26. The zero-order chi connectivity index (χ0) is 16.5. The number of aliphatic hydroxyl groups is 1. The van der Waals surface area contributed by atoms with Crippen LogP contribution in [0.3, 0.4) is 0 Å². The van der Waals surface area contributed by atoms with Gasteiger partial charge in [-0.3, -0.25) is 4.90 Å². The predicted molar refractivity (Wildman–Crippen MR) is 98.6 cm³/mol. The van der Waals surface area contributed by atoms with Crippen molar-refractivity contribution >= 4 is 11.8 Å². The first-order chi connectivity index (χ1) is 11.2. The molecule has 2 aromatic carbocycles. The van der Waals surface area contributed by atoms with Gasteiger partial charge >= 0.3 is 0 Å². The summed E-state index contributed by atoms with van der Waals surface area (Å²) < 4.78 is 0. The summed E-state index contributed by atoms with van der Waals surface area (Å²) >= 11 is 0. The van der Waals surface area contributed by atoms with Crippen LogP contribution in [0, 0.1) is 0 Å². The molecule has 23 heavy (non-hydrogen) atoms. The molecule has 0 aliphatic carbocycles. The highest BCUT2D eigenvalue weighted by Crippen LogP contribution is 2.13. The minimum Gasteiger partial charge on any atom is -0.395 e. The van der Waals surface area contributed by atoms with E-state index >= 15 is 0 Å². The highest BCUT2D eigenvalue weighted by molar-refractivity contribution is 5.55. The Morgan fingerprint density at radius 2 is 1.65 bits per heavy atom. The number of hydrogen-bond acceptors (Lipinski definition) is 3. The first kappa shape index (κ1) is 17.3. The van der Waals surface area contributed by atoms with E-state index in [0.717, 1.165) is 13.1 Å². The lowest BCUT2D eigenvalue weighted by molar-refractivity contribution is 0.203. The van der Waals surface area contributed by atoms with Crippen LogP contribution in [0.15, 0.2) is 60.7 Å². The first-order valence-corrected chi connectivity index (χ1v) is 8.00. The highest BCUT2D eigenvalue weighted by atomic mass is 16.3. The van der Waals surface area contributed by atoms with Crippen LogP contribution in [-0.4, -0.2) is 43.8 Å². The molecule has 2 aromatic rings. The highest BCUT2D eigenvalue weighted by Gasteiger charge is 2.03. The zero-order valence-electron chi connectivity index (χ0n) is 14.0. The van der Waals surface area contributed by atoms with Crippen LogP contribution in [0.2, 0.25) is 0 Å². The topological polar surface area (TPSA) is 26.7 Å². The van der Waals surface area contributed by atoms with Crippen molar-refractivity contribution in [1.29, 1.82) is 0 Å². The summed E-state index contributed by atoms with van der Waals surface area (Å²) in [7, 11) is 4.09. The minimum atomic E-state index is 0.179. The van der Waals surface area contributed by atoms with Gasteiger partial charge < -0.3 is 10.0 Å². The second kappa shape index (κ2) is 9.13. The summed E-state index contributed by atoms with van der Waals surface area (Å²) in [5.41, 5.74) is 3.66. The third-order valence-electron chi connectivity index (χ3n) is 3.75. The lowest BCUT2D eigenvalue weighted by atomic mass is 10.2. The van der Waals surface area contributed by atoms with Crippen LogP contribution in [0.4, 0.5) is 5.69 Å². The van der Waals surface area contributed by atoms with Gasteiger partial charge in [-0.05, 0) is 23.3 Å². The summed E-state index contributed by atoms with van der Waals surface area (Å²) in [6.45, 7) is 2.53. The van der Waals surface area contributed by atoms with Crippen molar-refractivity contribution in [3.8, 4) is 0 Å². The van der Waals surface area contributed by atoms with Gasteiger partial charge in [-0.15, -0.1) is 0 Å². The SMILES string of the molecule is CN(C)c1ccc(/C=C/CN(CCO)Cc2ccccc2)cc1. The van der Waals surface area contributed by atoms with Crippen LogP contribution in [0.5, 0.6) is 0 Å². The molecule has 0 radical (unpaired) electrons. The molecule has 0 atom stereocenters. The van der Waals surface area contributed by atoms with E-state index in [1.807, 2.05) is 20.2 Å². The second-order valence-corrected chi connectivity index (χ2v) is 5.83. The molecule has 0 spiro atoms. The molecule has 122 valence electrons. The molecule has 2 rings (SSSR count). The maximum absolute atomic E-state index is 9.24. The van der Waals surface area contributed by atoms with Crippen LogP contribution in [-0.2, 0) is 6.54 Å². The van der Waals surface area contributed by atoms with E-state index in [0.29, 0.717) is 6.54 Å². The smallest absolute Gasteiger partial charge is 0.0558 e. The third-order valence-corrected chi connectivity index (χ3v) is 3.75. The molecule has 3 nitrogen and oxygen atoms in total. The quantitative estimate of drug-likeness (QED) is 0.811. The van der Waals surface area contributed by atoms with E-state index in [-0.39, 0.29) is 6.61 Å². The van der Waals surface area contributed by atoms with E-state index in [9.17, 15) is 5.11 Å².